The Hall–Kier alpha value is -0.940. The molecule has 1 saturated heterocycles. The molecule has 1 aliphatic heterocycles. The summed E-state index contributed by atoms with van der Waals surface area (Å²) in [6.45, 7) is 8.18. The van der Waals surface area contributed by atoms with Gasteiger partial charge >= 0.3 is 0 Å². The molecular formula is C13H21N3OS. The number of nitrogens with zero attached hydrogens (tertiary/aromatic N) is 2. The van der Waals surface area contributed by atoms with Crippen molar-refractivity contribution in [1.29, 1.82) is 0 Å². The number of thiazole rings is 1. The number of aryl methyl sites for hydroxylation is 1. The van der Waals surface area contributed by atoms with Crippen LogP contribution in [0.5, 0.6) is 0 Å². The maximum atomic E-state index is 11.9. The predicted molar refractivity (Wildman–Crippen MR) is 74.0 cm³/mol. The number of aromatic nitrogens is 1. The lowest BCUT2D eigenvalue weighted by atomic mass is 10.0. The van der Waals surface area contributed by atoms with E-state index in [1.54, 1.807) is 5.51 Å². The highest BCUT2D eigenvalue weighted by atomic mass is 32.1. The Balaban J connectivity index is 1.72. The minimum absolute atomic E-state index is 0.0139. The highest BCUT2D eigenvalue weighted by molar-refractivity contribution is 7.11. The van der Waals surface area contributed by atoms with Crippen molar-refractivity contribution < 1.29 is 4.79 Å². The standard InChI is InChI=1S/C13H21N3OS/c1-10-4-3-6-16(8-10)7-5-14-13(17)12-11(2)15-9-18-12/h9-10H,3-8H2,1-2H3,(H,14,17)/t10-/m0/s1. The number of likely N-dealkylation sites (tertiary alicyclic amines) is 1. The van der Waals surface area contributed by atoms with E-state index in [9.17, 15) is 4.79 Å². The zero-order valence-electron chi connectivity index (χ0n) is 11.1. The maximum Gasteiger partial charge on any atom is 0.263 e. The lowest BCUT2D eigenvalue weighted by Gasteiger charge is -2.30. The van der Waals surface area contributed by atoms with Crippen molar-refractivity contribution in [2.45, 2.75) is 26.7 Å². The number of piperidine rings is 1. The fourth-order valence-corrected chi connectivity index (χ4v) is 3.14. The maximum absolute atomic E-state index is 11.9. The van der Waals surface area contributed by atoms with Crippen LogP contribution in [-0.4, -0.2) is 42.0 Å². The van der Waals surface area contributed by atoms with Gasteiger partial charge in [-0.1, -0.05) is 6.92 Å². The first-order valence-corrected chi connectivity index (χ1v) is 7.45. The van der Waals surface area contributed by atoms with Crippen LogP contribution >= 0.6 is 11.3 Å². The molecule has 2 rings (SSSR count). The Bertz CT molecular complexity index is 405. The van der Waals surface area contributed by atoms with Gasteiger partial charge in [-0.3, -0.25) is 4.79 Å². The Morgan fingerprint density at radius 2 is 2.50 bits per heavy atom. The summed E-state index contributed by atoms with van der Waals surface area (Å²) >= 11 is 1.41. The van der Waals surface area contributed by atoms with Crippen LogP contribution in [-0.2, 0) is 0 Å². The van der Waals surface area contributed by atoms with Gasteiger partial charge in [-0.05, 0) is 32.2 Å². The molecule has 1 fully saturated rings. The molecule has 0 saturated carbocycles. The van der Waals surface area contributed by atoms with E-state index >= 15 is 0 Å². The first kappa shape index (κ1) is 13.5. The molecule has 0 aromatic carbocycles. The average molecular weight is 267 g/mol. The number of hydrogen-bond donors (Lipinski definition) is 1. The van der Waals surface area contributed by atoms with Crippen molar-refractivity contribution in [1.82, 2.24) is 15.2 Å². The zero-order valence-corrected chi connectivity index (χ0v) is 11.9. The van der Waals surface area contributed by atoms with Crippen molar-refractivity contribution in [3.63, 3.8) is 0 Å². The van der Waals surface area contributed by atoms with Crippen LogP contribution in [0.15, 0.2) is 5.51 Å². The van der Waals surface area contributed by atoms with Gasteiger partial charge in [0.25, 0.3) is 5.91 Å². The normalized spacial score (nSPS) is 20.9. The summed E-state index contributed by atoms with van der Waals surface area (Å²) in [6, 6.07) is 0. The van der Waals surface area contributed by atoms with Crippen molar-refractivity contribution >= 4 is 17.2 Å². The second-order valence-corrected chi connectivity index (χ2v) is 5.93. The van der Waals surface area contributed by atoms with E-state index in [1.807, 2.05) is 6.92 Å². The smallest absolute Gasteiger partial charge is 0.263 e. The monoisotopic (exact) mass is 267 g/mol. The van der Waals surface area contributed by atoms with E-state index in [4.69, 9.17) is 0 Å². The zero-order chi connectivity index (χ0) is 13.0. The van der Waals surface area contributed by atoms with Crippen LogP contribution < -0.4 is 5.32 Å². The summed E-state index contributed by atoms with van der Waals surface area (Å²) < 4.78 is 0. The largest absolute Gasteiger partial charge is 0.350 e. The lowest BCUT2D eigenvalue weighted by molar-refractivity contribution is 0.0947. The van der Waals surface area contributed by atoms with Crippen LogP contribution in [0, 0.1) is 12.8 Å². The summed E-state index contributed by atoms with van der Waals surface area (Å²) in [4.78, 5) is 19.1. The minimum Gasteiger partial charge on any atom is -0.350 e. The first-order valence-electron chi connectivity index (χ1n) is 6.57. The van der Waals surface area contributed by atoms with Gasteiger partial charge in [-0.2, -0.15) is 0 Å². The highest BCUT2D eigenvalue weighted by Crippen LogP contribution is 2.15. The van der Waals surface area contributed by atoms with Gasteiger partial charge in [-0.15, -0.1) is 11.3 Å². The van der Waals surface area contributed by atoms with Crippen molar-refractivity contribution in [2.24, 2.45) is 5.92 Å². The number of amides is 1. The van der Waals surface area contributed by atoms with Crippen LogP contribution in [0.1, 0.15) is 35.1 Å². The first-order chi connectivity index (χ1) is 8.66. The van der Waals surface area contributed by atoms with Crippen LogP contribution in [0.4, 0.5) is 0 Å². The Kier molecular flexibility index (Phi) is 4.72. The third-order valence-electron chi connectivity index (χ3n) is 3.41. The van der Waals surface area contributed by atoms with E-state index in [1.165, 1.54) is 30.7 Å². The van der Waals surface area contributed by atoms with Gasteiger partial charge in [0.15, 0.2) is 0 Å². The molecule has 100 valence electrons. The molecule has 1 aliphatic rings. The van der Waals surface area contributed by atoms with E-state index in [0.29, 0.717) is 0 Å². The van der Waals surface area contributed by atoms with Gasteiger partial charge < -0.3 is 10.2 Å². The van der Waals surface area contributed by atoms with Crippen molar-refractivity contribution in [3.05, 3.63) is 16.1 Å². The number of hydrogen-bond acceptors (Lipinski definition) is 4. The topological polar surface area (TPSA) is 45.2 Å². The molecule has 0 radical (unpaired) electrons. The minimum atomic E-state index is 0.0139. The fourth-order valence-electron chi connectivity index (χ4n) is 2.42. The average Bonchev–Trinajstić information content (AvgIpc) is 2.75. The molecule has 18 heavy (non-hydrogen) atoms. The van der Waals surface area contributed by atoms with E-state index in [-0.39, 0.29) is 5.91 Å². The Morgan fingerprint density at radius 1 is 1.67 bits per heavy atom. The second-order valence-electron chi connectivity index (χ2n) is 5.07. The predicted octanol–water partition coefficient (Wildman–Crippen LogP) is 1.91. The van der Waals surface area contributed by atoms with Gasteiger partial charge in [0.1, 0.15) is 4.88 Å². The van der Waals surface area contributed by atoms with E-state index in [0.717, 1.165) is 36.1 Å². The number of carbonyl (C=O) groups is 1. The molecule has 1 N–H and O–H groups in total. The summed E-state index contributed by atoms with van der Waals surface area (Å²) in [6.07, 6.45) is 2.62. The molecule has 0 unspecified atom stereocenters. The molecule has 4 nitrogen and oxygen atoms in total. The highest BCUT2D eigenvalue weighted by Gasteiger charge is 2.16. The number of rotatable bonds is 4. The van der Waals surface area contributed by atoms with Gasteiger partial charge in [0, 0.05) is 19.6 Å². The summed E-state index contributed by atoms with van der Waals surface area (Å²) in [5, 5.41) is 2.98. The van der Waals surface area contributed by atoms with Crippen LogP contribution in [0.3, 0.4) is 0 Å². The van der Waals surface area contributed by atoms with Crippen molar-refractivity contribution in [3.8, 4) is 0 Å². The fraction of sp³-hybridized carbons (Fsp3) is 0.692. The van der Waals surface area contributed by atoms with E-state index in [2.05, 4.69) is 22.1 Å². The van der Waals surface area contributed by atoms with Gasteiger partial charge in [0.2, 0.25) is 0 Å². The molecule has 5 heteroatoms. The molecule has 0 aliphatic carbocycles. The molecule has 1 amide bonds. The molecule has 0 spiro atoms. The Labute approximate surface area is 112 Å². The molecular weight excluding hydrogens is 246 g/mol. The SMILES string of the molecule is Cc1ncsc1C(=O)NCCN1CCC[C@H](C)C1. The molecule has 2 heterocycles. The lowest BCUT2D eigenvalue weighted by Crippen LogP contribution is -2.40. The van der Waals surface area contributed by atoms with Crippen LogP contribution in [0.2, 0.25) is 0 Å². The second kappa shape index (κ2) is 6.29. The number of carbonyl (C=O) groups excluding carboxylic acids is 1. The van der Waals surface area contributed by atoms with Gasteiger partial charge in [0.05, 0.1) is 11.2 Å². The molecule has 0 bridgehead atoms. The Morgan fingerprint density at radius 3 is 3.17 bits per heavy atom. The van der Waals surface area contributed by atoms with Crippen molar-refractivity contribution in [2.75, 3.05) is 26.2 Å². The summed E-state index contributed by atoms with van der Waals surface area (Å²) in [5.41, 5.74) is 2.54. The number of nitrogens with one attached hydrogen (secondary N) is 1. The molecule has 1 aromatic rings. The van der Waals surface area contributed by atoms with Gasteiger partial charge in [-0.25, -0.2) is 4.98 Å². The summed E-state index contributed by atoms with van der Waals surface area (Å²) in [7, 11) is 0. The third-order valence-corrected chi connectivity index (χ3v) is 4.33. The van der Waals surface area contributed by atoms with Crippen LogP contribution in [0.25, 0.3) is 0 Å². The van der Waals surface area contributed by atoms with E-state index < -0.39 is 0 Å². The molecule has 1 aromatic heterocycles. The quantitative estimate of drug-likeness (QED) is 0.906. The molecule has 1 atom stereocenters. The third kappa shape index (κ3) is 3.53. The summed E-state index contributed by atoms with van der Waals surface area (Å²) in [5.74, 6) is 0.804.